The van der Waals surface area contributed by atoms with Gasteiger partial charge in [0, 0.05) is 0 Å². The van der Waals surface area contributed by atoms with Crippen LogP contribution >= 0.6 is 0 Å². The molecular formula is H14N4O2Zn. The van der Waals surface area contributed by atoms with Crippen molar-refractivity contribution < 1.29 is 30.4 Å². The Morgan fingerprint density at radius 1 is 0.429 bits per heavy atom. The van der Waals surface area contributed by atoms with E-state index in [1.165, 1.54) is 0 Å². The summed E-state index contributed by atoms with van der Waals surface area (Å²) in [7, 11) is 0. The van der Waals surface area contributed by atoms with Crippen LogP contribution in [0.2, 0.25) is 0 Å². The zero-order valence-electron chi connectivity index (χ0n) is 4.43. The molecule has 0 spiro atoms. The predicted octanol–water partition coefficient (Wildman–Crippen LogP) is 0.292. The summed E-state index contributed by atoms with van der Waals surface area (Å²) in [6, 6.07) is 0. The first-order chi connectivity index (χ1) is 0. The summed E-state index contributed by atoms with van der Waals surface area (Å²) >= 11 is 0. The van der Waals surface area contributed by atoms with E-state index in [2.05, 4.69) is 0 Å². The first-order valence-corrected chi connectivity index (χ1v) is 0. The maximum atomic E-state index is 0. The number of hydrogen-bond donors (Lipinski definition) is 4. The third kappa shape index (κ3) is 834. The molecule has 0 aromatic rings. The second-order valence-corrected chi connectivity index (χ2v) is 0. The average molecular weight is 168 g/mol. The summed E-state index contributed by atoms with van der Waals surface area (Å²) in [6.07, 6.45) is 0. The van der Waals surface area contributed by atoms with Crippen molar-refractivity contribution in [2.75, 3.05) is 0 Å². The van der Waals surface area contributed by atoms with Crippen molar-refractivity contribution in [3.05, 3.63) is 0 Å². The fraction of sp³-hybridized carbons (Fsp3) is 0. The molecule has 48 valence electrons. The third-order valence-electron chi connectivity index (χ3n) is 0. The fourth-order valence-corrected chi connectivity index (χ4v) is 0. The maximum Gasteiger partial charge on any atom is 2.00 e. The minimum atomic E-state index is 0. The van der Waals surface area contributed by atoms with Crippen LogP contribution in [0.15, 0.2) is 0 Å². The molecular weight excluding hydrogens is 153 g/mol. The van der Waals surface area contributed by atoms with Gasteiger partial charge in [-0.3, -0.25) is 0 Å². The summed E-state index contributed by atoms with van der Waals surface area (Å²) in [5.41, 5.74) is 0. The van der Waals surface area contributed by atoms with E-state index in [0.29, 0.717) is 0 Å². The van der Waals surface area contributed by atoms with E-state index in [-0.39, 0.29) is 55.0 Å². The second kappa shape index (κ2) is 1260. The molecule has 0 saturated heterocycles. The largest absolute Gasteiger partial charge is 2.00 e. The maximum absolute atomic E-state index is 0. The second-order valence-electron chi connectivity index (χ2n) is 0. The van der Waals surface area contributed by atoms with E-state index in [0.717, 1.165) is 0 Å². The number of hydrogen-bond acceptors (Lipinski definition) is 6. The molecule has 0 radical (unpaired) electrons. The monoisotopic (exact) mass is 166 g/mol. The SMILES string of the molecule is N.N.N.N.[OH-].[OH-].[Zn+2]. The Hall–Kier alpha value is 0.383. The predicted molar refractivity (Wildman–Crippen MR) is 24.0 cm³/mol. The molecule has 0 bridgehead atoms. The van der Waals surface area contributed by atoms with E-state index < -0.39 is 0 Å². The van der Waals surface area contributed by atoms with E-state index in [9.17, 15) is 0 Å². The van der Waals surface area contributed by atoms with Gasteiger partial charge in [-0.25, -0.2) is 0 Å². The van der Waals surface area contributed by atoms with E-state index in [1.807, 2.05) is 0 Å². The molecule has 6 nitrogen and oxygen atoms in total. The summed E-state index contributed by atoms with van der Waals surface area (Å²) in [6.45, 7) is 0. The van der Waals surface area contributed by atoms with Gasteiger partial charge in [-0.1, -0.05) is 0 Å². The molecule has 0 aromatic carbocycles. The van der Waals surface area contributed by atoms with E-state index >= 15 is 0 Å². The van der Waals surface area contributed by atoms with Gasteiger partial charge in [0.05, 0.1) is 0 Å². The van der Waals surface area contributed by atoms with Crippen LogP contribution in [-0.4, -0.2) is 11.0 Å². The molecule has 0 fully saturated rings. The van der Waals surface area contributed by atoms with Gasteiger partial charge in [-0.2, -0.15) is 0 Å². The van der Waals surface area contributed by atoms with Gasteiger partial charge >= 0.3 is 19.5 Å². The molecule has 0 aliphatic heterocycles. The molecule has 0 aliphatic carbocycles. The Morgan fingerprint density at radius 2 is 0.429 bits per heavy atom. The van der Waals surface area contributed by atoms with Crippen molar-refractivity contribution in [2.24, 2.45) is 0 Å². The van der Waals surface area contributed by atoms with Crippen molar-refractivity contribution in [3.63, 3.8) is 0 Å². The van der Waals surface area contributed by atoms with Crippen molar-refractivity contribution >= 4 is 0 Å². The van der Waals surface area contributed by atoms with Crippen LogP contribution in [0.5, 0.6) is 0 Å². The number of rotatable bonds is 0. The molecule has 0 aromatic heterocycles. The molecule has 7 heteroatoms. The van der Waals surface area contributed by atoms with Crippen LogP contribution in [0.4, 0.5) is 0 Å². The Balaban J connectivity index is 0. The minimum Gasteiger partial charge on any atom is -0.870 e. The molecule has 0 saturated carbocycles. The van der Waals surface area contributed by atoms with Gasteiger partial charge < -0.3 is 35.6 Å². The van der Waals surface area contributed by atoms with Crippen molar-refractivity contribution in [3.8, 4) is 0 Å². The molecule has 0 heterocycles. The van der Waals surface area contributed by atoms with Crippen LogP contribution in [-0.2, 0) is 19.5 Å². The molecule has 0 rings (SSSR count). The van der Waals surface area contributed by atoms with Gasteiger partial charge in [0.2, 0.25) is 0 Å². The smallest absolute Gasteiger partial charge is 0.870 e. The first kappa shape index (κ1) is 2050. The van der Waals surface area contributed by atoms with Crippen LogP contribution in [0.3, 0.4) is 0 Å². The third-order valence-corrected chi connectivity index (χ3v) is 0. The van der Waals surface area contributed by atoms with Gasteiger partial charge in [0.25, 0.3) is 0 Å². The zero-order valence-corrected chi connectivity index (χ0v) is 7.40. The summed E-state index contributed by atoms with van der Waals surface area (Å²) < 4.78 is 0. The molecule has 0 aliphatic rings. The van der Waals surface area contributed by atoms with Crippen LogP contribution in [0, 0.1) is 0 Å². The van der Waals surface area contributed by atoms with Gasteiger partial charge in [-0.05, 0) is 0 Å². The van der Waals surface area contributed by atoms with E-state index in [4.69, 9.17) is 0 Å². The zero-order chi connectivity index (χ0) is 0. The Morgan fingerprint density at radius 3 is 0.429 bits per heavy atom. The molecule has 0 atom stereocenters. The molecule has 0 unspecified atom stereocenters. The van der Waals surface area contributed by atoms with Gasteiger partial charge in [-0.15, -0.1) is 0 Å². The Kier molecular flexibility index (Phi) is 368000. The van der Waals surface area contributed by atoms with Gasteiger partial charge in [0.1, 0.15) is 0 Å². The Labute approximate surface area is 55.8 Å². The first-order valence-electron chi connectivity index (χ1n) is 0. The summed E-state index contributed by atoms with van der Waals surface area (Å²) in [5, 5.41) is 0. The van der Waals surface area contributed by atoms with Crippen molar-refractivity contribution in [1.82, 2.24) is 24.6 Å². The van der Waals surface area contributed by atoms with Crippen LogP contribution < -0.4 is 24.6 Å². The summed E-state index contributed by atoms with van der Waals surface area (Å²) in [4.78, 5) is 0. The van der Waals surface area contributed by atoms with Crippen molar-refractivity contribution in [2.45, 2.75) is 0 Å². The fourth-order valence-electron chi connectivity index (χ4n) is 0. The van der Waals surface area contributed by atoms with Gasteiger partial charge in [0.15, 0.2) is 0 Å². The minimum absolute atomic E-state index is 0. The standard InChI is InChI=1S/4H3N.2H2O.Zn/h4*1H3;2*1H2;/q;;;;;;+2/p-2. The van der Waals surface area contributed by atoms with Crippen LogP contribution in [0.1, 0.15) is 0 Å². The summed E-state index contributed by atoms with van der Waals surface area (Å²) in [5.74, 6) is 0. The molecule has 14 N–H and O–H groups in total. The topological polar surface area (TPSA) is 200 Å². The van der Waals surface area contributed by atoms with Crippen molar-refractivity contribution in [1.29, 1.82) is 0 Å². The quantitative estimate of drug-likeness (QED) is 0.373. The average Bonchev–Trinajstić information content (AvgIpc) is 0. The molecule has 0 amide bonds. The normalized spacial score (nSPS) is 0. The van der Waals surface area contributed by atoms with Crippen LogP contribution in [0.25, 0.3) is 0 Å². The van der Waals surface area contributed by atoms with E-state index in [1.54, 1.807) is 0 Å². The molecule has 7 heavy (non-hydrogen) atoms. The Bertz CT molecular complexity index is 9.65.